The predicted molar refractivity (Wildman–Crippen MR) is 96.6 cm³/mol. The number of thiazole rings is 1. The third-order valence-corrected chi connectivity index (χ3v) is 6.20. The number of carbonyl (C=O) groups excluding carboxylic acids is 2. The Hall–Kier alpha value is -2.26. The quantitative estimate of drug-likeness (QED) is 0.863. The Morgan fingerprint density at radius 3 is 2.96 bits per heavy atom. The largest absolute Gasteiger partial charge is 0.368 e. The van der Waals surface area contributed by atoms with Crippen LogP contribution in [0.5, 0.6) is 0 Å². The van der Waals surface area contributed by atoms with E-state index in [0.29, 0.717) is 42.9 Å². The molecule has 2 amide bonds. The maximum atomic E-state index is 12.7. The van der Waals surface area contributed by atoms with Gasteiger partial charge >= 0.3 is 0 Å². The van der Waals surface area contributed by atoms with Crippen LogP contribution in [0.3, 0.4) is 0 Å². The number of anilines is 1. The van der Waals surface area contributed by atoms with E-state index < -0.39 is 0 Å². The maximum Gasteiger partial charge on any atom is 0.276 e. The van der Waals surface area contributed by atoms with Crippen molar-refractivity contribution in [3.63, 3.8) is 0 Å². The summed E-state index contributed by atoms with van der Waals surface area (Å²) in [5.41, 5.74) is 1.32. The Balaban J connectivity index is 1.25. The number of amides is 2. The number of carbonyl (C=O) groups is 2. The van der Waals surface area contributed by atoms with Crippen molar-refractivity contribution in [1.82, 2.24) is 15.0 Å². The maximum absolute atomic E-state index is 12.7. The van der Waals surface area contributed by atoms with Crippen LogP contribution >= 0.6 is 11.3 Å². The number of fused-ring (bicyclic) bond motifs is 1. The van der Waals surface area contributed by atoms with Gasteiger partial charge in [-0.3, -0.25) is 14.9 Å². The van der Waals surface area contributed by atoms with E-state index in [0.717, 1.165) is 42.0 Å². The van der Waals surface area contributed by atoms with Gasteiger partial charge in [0.15, 0.2) is 10.8 Å². The average Bonchev–Trinajstić information content (AvgIpc) is 3.09. The first-order valence-corrected chi connectivity index (χ1v) is 10.2. The zero-order chi connectivity index (χ0) is 18.4. The number of hydrogen-bond acceptors (Lipinski definition) is 7. The highest BCUT2D eigenvalue weighted by Crippen LogP contribution is 2.40. The highest BCUT2D eigenvalue weighted by molar-refractivity contribution is 7.15. The second-order valence-electron chi connectivity index (χ2n) is 7.25. The number of nitrogens with zero attached hydrogens (tertiary/aromatic N) is 3. The molecular weight excluding hydrogens is 368 g/mol. The predicted octanol–water partition coefficient (Wildman–Crippen LogP) is 2.32. The Morgan fingerprint density at radius 1 is 1.30 bits per heavy atom. The molecule has 1 saturated carbocycles. The molecule has 27 heavy (non-hydrogen) atoms. The van der Waals surface area contributed by atoms with Gasteiger partial charge in [0.25, 0.3) is 11.8 Å². The highest BCUT2D eigenvalue weighted by Gasteiger charge is 2.32. The van der Waals surface area contributed by atoms with Crippen LogP contribution in [0, 0.1) is 0 Å². The molecule has 2 aliphatic heterocycles. The number of ether oxygens (including phenoxy) is 1. The molecule has 0 spiro atoms. The molecule has 3 aliphatic rings. The summed E-state index contributed by atoms with van der Waals surface area (Å²) >= 11 is 1.42. The first-order chi connectivity index (χ1) is 13.2. The first-order valence-electron chi connectivity index (χ1n) is 9.34. The van der Waals surface area contributed by atoms with E-state index >= 15 is 0 Å². The fraction of sp³-hybridized carbons (Fsp3) is 0.556. The molecule has 5 rings (SSSR count). The van der Waals surface area contributed by atoms with Gasteiger partial charge in [0.1, 0.15) is 11.9 Å². The molecule has 1 atom stereocenters. The third kappa shape index (κ3) is 3.37. The summed E-state index contributed by atoms with van der Waals surface area (Å²) in [6, 6.07) is 1.77. The summed E-state index contributed by atoms with van der Waals surface area (Å²) < 4.78 is 10.7. The van der Waals surface area contributed by atoms with Crippen molar-refractivity contribution in [1.29, 1.82) is 0 Å². The summed E-state index contributed by atoms with van der Waals surface area (Å²) in [4.78, 5) is 32.2. The molecule has 2 fully saturated rings. The molecule has 2 aromatic heterocycles. The molecule has 1 aliphatic carbocycles. The zero-order valence-corrected chi connectivity index (χ0v) is 15.6. The van der Waals surface area contributed by atoms with E-state index in [1.54, 1.807) is 11.0 Å². The molecule has 1 saturated heterocycles. The summed E-state index contributed by atoms with van der Waals surface area (Å²) in [5.74, 6) is 0.993. The Bertz CT molecular complexity index is 882. The van der Waals surface area contributed by atoms with Crippen LogP contribution in [-0.4, -0.2) is 46.1 Å². The molecule has 9 heteroatoms. The van der Waals surface area contributed by atoms with E-state index in [1.807, 2.05) is 0 Å². The summed E-state index contributed by atoms with van der Waals surface area (Å²) in [6.45, 7) is 1.70. The van der Waals surface area contributed by atoms with Crippen LogP contribution in [0.2, 0.25) is 0 Å². The van der Waals surface area contributed by atoms with Gasteiger partial charge in [-0.05, 0) is 25.7 Å². The van der Waals surface area contributed by atoms with E-state index in [1.165, 1.54) is 11.3 Å². The van der Waals surface area contributed by atoms with E-state index in [2.05, 4.69) is 15.5 Å². The van der Waals surface area contributed by atoms with Gasteiger partial charge in [0.05, 0.1) is 12.2 Å². The molecule has 0 bridgehead atoms. The molecule has 142 valence electrons. The monoisotopic (exact) mass is 388 g/mol. The second-order valence-corrected chi connectivity index (χ2v) is 8.33. The van der Waals surface area contributed by atoms with Gasteiger partial charge in [-0.2, -0.15) is 0 Å². The smallest absolute Gasteiger partial charge is 0.276 e. The third-order valence-electron chi connectivity index (χ3n) is 5.20. The van der Waals surface area contributed by atoms with Crippen molar-refractivity contribution in [2.24, 2.45) is 0 Å². The zero-order valence-electron chi connectivity index (χ0n) is 14.8. The minimum Gasteiger partial charge on any atom is -0.368 e. The van der Waals surface area contributed by atoms with Gasteiger partial charge < -0.3 is 14.2 Å². The van der Waals surface area contributed by atoms with Crippen molar-refractivity contribution < 1.29 is 18.8 Å². The van der Waals surface area contributed by atoms with Crippen molar-refractivity contribution in [2.45, 2.75) is 50.7 Å². The van der Waals surface area contributed by atoms with Crippen LogP contribution in [-0.2, 0) is 22.5 Å². The molecule has 0 radical (unpaired) electrons. The van der Waals surface area contributed by atoms with Gasteiger partial charge in [-0.1, -0.05) is 16.5 Å². The minimum atomic E-state index is -0.378. The second kappa shape index (κ2) is 6.72. The van der Waals surface area contributed by atoms with Gasteiger partial charge in [0.2, 0.25) is 0 Å². The van der Waals surface area contributed by atoms with Gasteiger partial charge in [0, 0.05) is 36.4 Å². The Labute approximate surface area is 159 Å². The van der Waals surface area contributed by atoms with E-state index in [-0.39, 0.29) is 17.9 Å². The summed E-state index contributed by atoms with van der Waals surface area (Å²) in [6.07, 6.45) is 4.17. The molecule has 0 aromatic carbocycles. The standard InChI is InChI=1S/C18H20N4O4S/c23-16(13-2-1-7-25-13)20-18-19-11-5-6-22(9-15(11)27-18)17(24)12-8-14(26-21-12)10-3-4-10/h8,10,13H,1-7,9H2,(H,19,20,23). The number of hydrogen-bond donors (Lipinski definition) is 1. The summed E-state index contributed by atoms with van der Waals surface area (Å²) in [7, 11) is 0. The lowest BCUT2D eigenvalue weighted by Gasteiger charge is -2.25. The SMILES string of the molecule is O=C(Nc1nc2c(s1)CN(C(=O)c1cc(C3CC3)on1)CC2)C1CCCO1. The normalized spacial score (nSPS) is 21.9. The van der Waals surface area contributed by atoms with Crippen LogP contribution < -0.4 is 5.32 Å². The van der Waals surface area contributed by atoms with Crippen molar-refractivity contribution in [3.05, 3.63) is 28.1 Å². The lowest BCUT2D eigenvalue weighted by Crippen LogP contribution is -2.35. The lowest BCUT2D eigenvalue weighted by atomic mass is 10.1. The van der Waals surface area contributed by atoms with Crippen LogP contribution in [0.25, 0.3) is 0 Å². The minimum absolute atomic E-state index is 0.116. The first kappa shape index (κ1) is 16.9. The topological polar surface area (TPSA) is 97.6 Å². The average molecular weight is 388 g/mol. The Kier molecular flexibility index (Phi) is 4.20. The fourth-order valence-electron chi connectivity index (χ4n) is 3.50. The van der Waals surface area contributed by atoms with E-state index in [9.17, 15) is 9.59 Å². The lowest BCUT2D eigenvalue weighted by molar-refractivity contribution is -0.124. The van der Waals surface area contributed by atoms with Gasteiger partial charge in [-0.15, -0.1) is 0 Å². The molecule has 4 heterocycles. The molecule has 2 aromatic rings. The van der Waals surface area contributed by atoms with Crippen LogP contribution in [0.1, 0.15) is 58.4 Å². The number of nitrogens with one attached hydrogen (secondary N) is 1. The van der Waals surface area contributed by atoms with E-state index in [4.69, 9.17) is 9.26 Å². The molecular formula is C18H20N4O4S. The van der Waals surface area contributed by atoms with Crippen molar-refractivity contribution in [2.75, 3.05) is 18.5 Å². The van der Waals surface area contributed by atoms with Gasteiger partial charge in [-0.25, -0.2) is 4.98 Å². The highest BCUT2D eigenvalue weighted by atomic mass is 32.1. The number of rotatable bonds is 4. The fourth-order valence-corrected chi connectivity index (χ4v) is 4.53. The number of aromatic nitrogens is 2. The van der Waals surface area contributed by atoms with Crippen molar-refractivity contribution in [3.8, 4) is 0 Å². The molecule has 1 unspecified atom stereocenters. The van der Waals surface area contributed by atoms with Crippen molar-refractivity contribution >= 4 is 28.3 Å². The Morgan fingerprint density at radius 2 is 2.19 bits per heavy atom. The molecule has 1 N–H and O–H groups in total. The summed E-state index contributed by atoms with van der Waals surface area (Å²) in [5, 5.41) is 7.38. The van der Waals surface area contributed by atoms with Crippen LogP contribution in [0.15, 0.2) is 10.6 Å². The molecule has 8 nitrogen and oxygen atoms in total. The van der Waals surface area contributed by atoms with Crippen LogP contribution in [0.4, 0.5) is 5.13 Å².